The Labute approximate surface area is 113 Å². The van der Waals surface area contributed by atoms with E-state index in [4.69, 9.17) is 34.8 Å². The lowest BCUT2D eigenvalue weighted by molar-refractivity contribution is -0.151. The molecule has 8 heteroatoms. The SMILES string of the molecule is COC(=O)CCCC(C=O)OC(=O)C(Cl)(Cl)Cl. The fraction of sp³-hybridized carbons (Fsp3) is 0.667. The van der Waals surface area contributed by atoms with Crippen LogP contribution in [0.3, 0.4) is 0 Å². The molecule has 0 saturated heterocycles. The number of rotatable bonds is 6. The van der Waals surface area contributed by atoms with Gasteiger partial charge in [-0.1, -0.05) is 34.8 Å². The summed E-state index contributed by atoms with van der Waals surface area (Å²) in [6.07, 6.45) is -0.0331. The molecule has 0 fully saturated rings. The van der Waals surface area contributed by atoms with Crippen LogP contribution in [0.25, 0.3) is 0 Å². The molecule has 0 aromatic heterocycles. The second-order valence-corrected chi connectivity index (χ2v) is 5.33. The maximum atomic E-state index is 11.1. The number of esters is 2. The van der Waals surface area contributed by atoms with Crippen molar-refractivity contribution < 1.29 is 23.9 Å². The van der Waals surface area contributed by atoms with Gasteiger partial charge in [0.1, 0.15) is 0 Å². The Morgan fingerprint density at radius 2 is 1.94 bits per heavy atom. The zero-order valence-corrected chi connectivity index (χ0v) is 11.2. The highest BCUT2D eigenvalue weighted by molar-refractivity contribution is 6.75. The summed E-state index contributed by atoms with van der Waals surface area (Å²) in [5, 5.41) is 0. The van der Waals surface area contributed by atoms with Crippen LogP contribution in [0.4, 0.5) is 0 Å². The minimum Gasteiger partial charge on any atom is -0.469 e. The number of hydrogen-bond donors (Lipinski definition) is 0. The number of alkyl halides is 3. The van der Waals surface area contributed by atoms with E-state index in [1.54, 1.807) is 0 Å². The quantitative estimate of drug-likeness (QED) is 0.425. The number of methoxy groups -OCH3 is 1. The van der Waals surface area contributed by atoms with Crippen LogP contribution in [-0.2, 0) is 23.9 Å². The Bertz CT molecular complexity index is 287. The largest absolute Gasteiger partial charge is 0.469 e. The van der Waals surface area contributed by atoms with Crippen molar-refractivity contribution in [3.05, 3.63) is 0 Å². The molecule has 0 aliphatic heterocycles. The molecule has 0 aromatic carbocycles. The normalized spacial score (nSPS) is 12.7. The molecule has 0 heterocycles. The minimum absolute atomic E-state index is 0.117. The molecule has 0 rings (SSSR count). The van der Waals surface area contributed by atoms with Crippen LogP contribution in [0, 0.1) is 0 Å². The fourth-order valence-electron chi connectivity index (χ4n) is 0.909. The topological polar surface area (TPSA) is 69.7 Å². The minimum atomic E-state index is -2.22. The number of aldehydes is 1. The molecule has 0 aliphatic rings. The average Bonchev–Trinajstić information content (AvgIpc) is 2.25. The van der Waals surface area contributed by atoms with Crippen molar-refractivity contribution in [2.75, 3.05) is 7.11 Å². The third-order valence-electron chi connectivity index (χ3n) is 1.74. The number of ether oxygens (including phenoxy) is 2. The molecule has 5 nitrogen and oxygen atoms in total. The van der Waals surface area contributed by atoms with Crippen LogP contribution in [0.1, 0.15) is 19.3 Å². The highest BCUT2D eigenvalue weighted by Crippen LogP contribution is 2.28. The molecule has 0 saturated carbocycles. The van der Waals surface area contributed by atoms with Crippen LogP contribution in [0.15, 0.2) is 0 Å². The predicted octanol–water partition coefficient (Wildman–Crippen LogP) is 1.81. The maximum absolute atomic E-state index is 11.1. The predicted molar refractivity (Wildman–Crippen MR) is 62.1 cm³/mol. The van der Waals surface area contributed by atoms with Gasteiger partial charge in [0.15, 0.2) is 12.4 Å². The average molecular weight is 306 g/mol. The highest BCUT2D eigenvalue weighted by atomic mass is 35.6. The second kappa shape index (κ2) is 7.74. The summed E-state index contributed by atoms with van der Waals surface area (Å²) in [5.41, 5.74) is 0. The Morgan fingerprint density at radius 3 is 2.35 bits per heavy atom. The molecule has 0 spiro atoms. The number of halogens is 3. The third-order valence-corrected chi connectivity index (χ3v) is 2.20. The molecule has 0 aromatic rings. The first-order valence-corrected chi connectivity index (χ1v) is 5.74. The van der Waals surface area contributed by atoms with Gasteiger partial charge in [0.2, 0.25) is 0 Å². The molecule has 0 radical (unpaired) electrons. The molecular weight excluding hydrogens is 294 g/mol. The lowest BCUT2D eigenvalue weighted by atomic mass is 10.2. The Hall–Kier alpha value is -0.520. The number of carbonyl (C=O) groups excluding carboxylic acids is 3. The molecule has 0 amide bonds. The van der Waals surface area contributed by atoms with Gasteiger partial charge < -0.3 is 9.47 Å². The van der Waals surface area contributed by atoms with Crippen LogP contribution in [0.2, 0.25) is 0 Å². The maximum Gasteiger partial charge on any atom is 0.359 e. The first kappa shape index (κ1) is 16.5. The van der Waals surface area contributed by atoms with Gasteiger partial charge in [0.25, 0.3) is 3.79 Å². The lowest BCUT2D eigenvalue weighted by Gasteiger charge is -2.15. The van der Waals surface area contributed by atoms with Gasteiger partial charge >= 0.3 is 11.9 Å². The molecule has 0 bridgehead atoms. The molecule has 98 valence electrons. The van der Waals surface area contributed by atoms with Crippen molar-refractivity contribution >= 4 is 53.0 Å². The fourth-order valence-corrected chi connectivity index (χ4v) is 1.04. The first-order chi connectivity index (χ1) is 7.81. The van der Waals surface area contributed by atoms with Crippen molar-refractivity contribution in [2.45, 2.75) is 29.2 Å². The summed E-state index contributed by atoms with van der Waals surface area (Å²) in [6.45, 7) is 0. The van der Waals surface area contributed by atoms with E-state index in [2.05, 4.69) is 9.47 Å². The lowest BCUT2D eigenvalue weighted by Crippen LogP contribution is -2.28. The zero-order valence-electron chi connectivity index (χ0n) is 8.95. The molecule has 0 aliphatic carbocycles. The highest BCUT2D eigenvalue weighted by Gasteiger charge is 2.34. The third kappa shape index (κ3) is 7.41. The van der Waals surface area contributed by atoms with Crippen LogP contribution >= 0.6 is 34.8 Å². The van der Waals surface area contributed by atoms with Crippen molar-refractivity contribution in [3.8, 4) is 0 Å². The van der Waals surface area contributed by atoms with E-state index in [1.807, 2.05) is 0 Å². The molecule has 17 heavy (non-hydrogen) atoms. The van der Waals surface area contributed by atoms with Crippen molar-refractivity contribution in [1.82, 2.24) is 0 Å². The molecular formula is C9H11Cl3O5. The van der Waals surface area contributed by atoms with E-state index in [9.17, 15) is 14.4 Å². The smallest absolute Gasteiger partial charge is 0.359 e. The monoisotopic (exact) mass is 304 g/mol. The van der Waals surface area contributed by atoms with Gasteiger partial charge in [-0.15, -0.1) is 0 Å². The summed E-state index contributed by atoms with van der Waals surface area (Å²) in [4.78, 5) is 32.5. The van der Waals surface area contributed by atoms with Gasteiger partial charge in [-0.05, 0) is 12.8 Å². The van der Waals surface area contributed by atoms with E-state index in [0.29, 0.717) is 12.7 Å². The van der Waals surface area contributed by atoms with Gasteiger partial charge in [0.05, 0.1) is 7.11 Å². The van der Waals surface area contributed by atoms with Gasteiger partial charge in [-0.3, -0.25) is 9.59 Å². The van der Waals surface area contributed by atoms with Gasteiger partial charge in [0, 0.05) is 6.42 Å². The Morgan fingerprint density at radius 1 is 1.35 bits per heavy atom. The van der Waals surface area contributed by atoms with Crippen LogP contribution in [0.5, 0.6) is 0 Å². The van der Waals surface area contributed by atoms with E-state index >= 15 is 0 Å². The van der Waals surface area contributed by atoms with Gasteiger partial charge in [-0.2, -0.15) is 0 Å². The zero-order chi connectivity index (χ0) is 13.5. The second-order valence-electron chi connectivity index (χ2n) is 3.05. The Balaban J connectivity index is 4.05. The van der Waals surface area contributed by atoms with E-state index in [1.165, 1.54) is 7.11 Å². The standard InChI is InChI=1S/C9H11Cl3O5/c1-16-7(14)4-2-3-6(5-13)17-8(15)9(10,11)12/h5-6H,2-4H2,1H3. The number of hydrogen-bond acceptors (Lipinski definition) is 5. The summed E-state index contributed by atoms with van der Waals surface area (Å²) >= 11 is 15.8. The Kier molecular flexibility index (Phi) is 7.50. The van der Waals surface area contributed by atoms with E-state index < -0.39 is 21.8 Å². The van der Waals surface area contributed by atoms with E-state index in [0.717, 1.165) is 0 Å². The molecule has 1 unspecified atom stereocenters. The van der Waals surface area contributed by atoms with Crippen molar-refractivity contribution in [3.63, 3.8) is 0 Å². The number of carbonyl (C=O) groups is 3. The summed E-state index contributed by atoms with van der Waals surface area (Å²) in [5.74, 6) is -1.54. The summed E-state index contributed by atoms with van der Waals surface area (Å²) in [6, 6.07) is 0. The summed E-state index contributed by atoms with van der Waals surface area (Å²) in [7, 11) is 1.25. The summed E-state index contributed by atoms with van der Waals surface area (Å²) < 4.78 is 6.81. The molecule has 1 atom stereocenters. The molecule has 0 N–H and O–H groups in total. The van der Waals surface area contributed by atoms with Gasteiger partial charge in [-0.25, -0.2) is 4.79 Å². The van der Waals surface area contributed by atoms with E-state index in [-0.39, 0.29) is 12.8 Å². The van der Waals surface area contributed by atoms with Crippen LogP contribution in [-0.4, -0.2) is 35.2 Å². The van der Waals surface area contributed by atoms with Crippen molar-refractivity contribution in [1.29, 1.82) is 0 Å². The first-order valence-electron chi connectivity index (χ1n) is 4.61. The van der Waals surface area contributed by atoms with Crippen molar-refractivity contribution in [2.24, 2.45) is 0 Å². The van der Waals surface area contributed by atoms with Crippen LogP contribution < -0.4 is 0 Å².